The van der Waals surface area contributed by atoms with Gasteiger partial charge in [0.2, 0.25) is 5.91 Å². The molecule has 1 heterocycles. The van der Waals surface area contributed by atoms with Crippen molar-refractivity contribution in [3.63, 3.8) is 0 Å². The summed E-state index contributed by atoms with van der Waals surface area (Å²) in [5, 5.41) is 2.72. The van der Waals surface area contributed by atoms with Crippen LogP contribution in [0.2, 0.25) is 0 Å². The summed E-state index contributed by atoms with van der Waals surface area (Å²) in [6.45, 7) is 1.85. The van der Waals surface area contributed by atoms with E-state index in [1.54, 1.807) is 30.1 Å². The van der Waals surface area contributed by atoms with Crippen LogP contribution in [0.25, 0.3) is 0 Å². The topological polar surface area (TPSA) is 82.3 Å². The standard InChI is InChI=1S/C16H17N3O3/c1-11(20)19(2)10-12-6-3-4-8-14(12)18-16(22)13-7-5-9-17-15(13)21/h3-9H,10H2,1-2H3,(H,17,21)(H,18,22). The van der Waals surface area contributed by atoms with Crippen LogP contribution < -0.4 is 10.9 Å². The number of aromatic nitrogens is 1. The van der Waals surface area contributed by atoms with Crippen molar-refractivity contribution >= 4 is 17.5 Å². The second-order valence-corrected chi connectivity index (χ2v) is 4.90. The van der Waals surface area contributed by atoms with Gasteiger partial charge in [0, 0.05) is 32.4 Å². The number of hydrogen-bond donors (Lipinski definition) is 2. The number of pyridine rings is 1. The second-order valence-electron chi connectivity index (χ2n) is 4.90. The van der Waals surface area contributed by atoms with Gasteiger partial charge in [-0.25, -0.2) is 0 Å². The normalized spacial score (nSPS) is 10.1. The Morgan fingerprint density at radius 2 is 1.91 bits per heavy atom. The monoisotopic (exact) mass is 299 g/mol. The first-order valence-electron chi connectivity index (χ1n) is 6.77. The Morgan fingerprint density at radius 3 is 2.59 bits per heavy atom. The number of hydrogen-bond acceptors (Lipinski definition) is 3. The van der Waals surface area contributed by atoms with Crippen molar-refractivity contribution < 1.29 is 9.59 Å². The van der Waals surface area contributed by atoms with Gasteiger partial charge >= 0.3 is 0 Å². The van der Waals surface area contributed by atoms with Gasteiger partial charge in [0.1, 0.15) is 5.56 Å². The van der Waals surface area contributed by atoms with E-state index in [1.165, 1.54) is 19.2 Å². The molecule has 6 nitrogen and oxygen atoms in total. The third-order valence-corrected chi connectivity index (χ3v) is 3.27. The SMILES string of the molecule is CC(=O)N(C)Cc1ccccc1NC(=O)c1ccc[nH]c1=O. The van der Waals surface area contributed by atoms with Gasteiger partial charge in [-0.3, -0.25) is 14.4 Å². The molecular formula is C16H17N3O3. The van der Waals surface area contributed by atoms with Crippen molar-refractivity contribution in [2.45, 2.75) is 13.5 Å². The number of carbonyl (C=O) groups is 2. The average molecular weight is 299 g/mol. The van der Waals surface area contributed by atoms with Crippen LogP contribution in [0.1, 0.15) is 22.8 Å². The molecule has 0 atom stereocenters. The zero-order valence-corrected chi connectivity index (χ0v) is 12.4. The molecule has 6 heteroatoms. The van der Waals surface area contributed by atoms with Crippen LogP contribution in [-0.2, 0) is 11.3 Å². The van der Waals surface area contributed by atoms with Crippen LogP contribution in [0.3, 0.4) is 0 Å². The summed E-state index contributed by atoms with van der Waals surface area (Å²) >= 11 is 0. The third-order valence-electron chi connectivity index (χ3n) is 3.27. The van der Waals surface area contributed by atoms with E-state index in [9.17, 15) is 14.4 Å². The van der Waals surface area contributed by atoms with Crippen LogP contribution in [0.5, 0.6) is 0 Å². The Bertz CT molecular complexity index is 752. The Kier molecular flexibility index (Phi) is 4.73. The molecule has 0 aliphatic rings. The third kappa shape index (κ3) is 3.60. The molecule has 0 unspecified atom stereocenters. The molecule has 1 aromatic carbocycles. The molecule has 0 saturated heterocycles. The summed E-state index contributed by atoms with van der Waals surface area (Å²) in [6, 6.07) is 10.2. The molecule has 0 fully saturated rings. The molecule has 0 bridgehead atoms. The van der Waals surface area contributed by atoms with E-state index in [0.29, 0.717) is 12.2 Å². The second kappa shape index (κ2) is 6.71. The quantitative estimate of drug-likeness (QED) is 0.899. The van der Waals surface area contributed by atoms with E-state index >= 15 is 0 Å². The maximum atomic E-state index is 12.2. The van der Waals surface area contributed by atoms with Crippen LogP contribution in [0.4, 0.5) is 5.69 Å². The van der Waals surface area contributed by atoms with Crippen LogP contribution >= 0.6 is 0 Å². The molecule has 0 aliphatic heterocycles. The van der Waals surface area contributed by atoms with E-state index in [4.69, 9.17) is 0 Å². The van der Waals surface area contributed by atoms with Gasteiger partial charge in [0.25, 0.3) is 11.5 Å². The highest BCUT2D eigenvalue weighted by molar-refractivity contribution is 6.04. The lowest BCUT2D eigenvalue weighted by atomic mass is 10.1. The highest BCUT2D eigenvalue weighted by Gasteiger charge is 2.13. The lowest BCUT2D eigenvalue weighted by Crippen LogP contribution is -2.25. The average Bonchev–Trinajstić information content (AvgIpc) is 2.49. The van der Waals surface area contributed by atoms with Crippen molar-refractivity contribution in [1.29, 1.82) is 0 Å². The van der Waals surface area contributed by atoms with Crippen molar-refractivity contribution in [3.8, 4) is 0 Å². The number of nitrogens with zero attached hydrogens (tertiary/aromatic N) is 1. The number of anilines is 1. The fourth-order valence-corrected chi connectivity index (χ4v) is 1.94. The molecule has 0 saturated carbocycles. The van der Waals surface area contributed by atoms with E-state index in [2.05, 4.69) is 10.3 Å². The molecule has 2 aromatic rings. The minimum Gasteiger partial charge on any atom is -0.342 e. The summed E-state index contributed by atoms with van der Waals surface area (Å²) in [5.41, 5.74) is 0.959. The first kappa shape index (κ1) is 15.5. The Labute approximate surface area is 127 Å². The van der Waals surface area contributed by atoms with E-state index in [0.717, 1.165) is 5.56 Å². The fraction of sp³-hybridized carbons (Fsp3) is 0.188. The number of aromatic amines is 1. The highest BCUT2D eigenvalue weighted by Crippen LogP contribution is 2.17. The smallest absolute Gasteiger partial charge is 0.261 e. The molecule has 2 amide bonds. The van der Waals surface area contributed by atoms with Gasteiger partial charge in [-0.05, 0) is 23.8 Å². The summed E-state index contributed by atoms with van der Waals surface area (Å²) in [4.78, 5) is 39.2. The minimum atomic E-state index is -0.486. The highest BCUT2D eigenvalue weighted by atomic mass is 16.2. The number of para-hydroxylation sites is 1. The summed E-state index contributed by atoms with van der Waals surface area (Å²) < 4.78 is 0. The van der Waals surface area contributed by atoms with Gasteiger partial charge in [-0.1, -0.05) is 18.2 Å². The van der Waals surface area contributed by atoms with Gasteiger partial charge in [-0.15, -0.1) is 0 Å². The molecule has 0 radical (unpaired) electrons. The first-order valence-corrected chi connectivity index (χ1v) is 6.77. The molecule has 0 spiro atoms. The number of amides is 2. The molecule has 0 aliphatic carbocycles. The minimum absolute atomic E-state index is 0.0391. The number of rotatable bonds is 4. The van der Waals surface area contributed by atoms with Gasteiger partial charge in [-0.2, -0.15) is 0 Å². The van der Waals surface area contributed by atoms with Gasteiger partial charge < -0.3 is 15.2 Å². The molecule has 2 N–H and O–H groups in total. The summed E-state index contributed by atoms with van der Waals surface area (Å²) in [6.07, 6.45) is 1.47. The predicted molar refractivity (Wildman–Crippen MR) is 83.6 cm³/mol. The van der Waals surface area contributed by atoms with Crippen molar-refractivity contribution in [2.24, 2.45) is 0 Å². The van der Waals surface area contributed by atoms with Crippen LogP contribution in [-0.4, -0.2) is 28.7 Å². The maximum absolute atomic E-state index is 12.2. The number of benzene rings is 1. The van der Waals surface area contributed by atoms with Crippen molar-refractivity contribution in [1.82, 2.24) is 9.88 Å². The number of carbonyl (C=O) groups excluding carboxylic acids is 2. The summed E-state index contributed by atoms with van der Waals surface area (Å²) in [7, 11) is 1.68. The molecule has 1 aromatic heterocycles. The largest absolute Gasteiger partial charge is 0.342 e. The number of H-pyrrole nitrogens is 1. The maximum Gasteiger partial charge on any atom is 0.261 e. The van der Waals surface area contributed by atoms with Crippen molar-refractivity contribution in [3.05, 3.63) is 64.1 Å². The zero-order chi connectivity index (χ0) is 16.1. The molecular weight excluding hydrogens is 282 g/mol. The van der Waals surface area contributed by atoms with E-state index < -0.39 is 11.5 Å². The number of nitrogens with one attached hydrogen (secondary N) is 2. The van der Waals surface area contributed by atoms with Crippen LogP contribution in [0, 0.1) is 0 Å². The molecule has 2 rings (SSSR count). The zero-order valence-electron chi connectivity index (χ0n) is 12.4. The van der Waals surface area contributed by atoms with Crippen molar-refractivity contribution in [2.75, 3.05) is 12.4 Å². The van der Waals surface area contributed by atoms with E-state index in [1.807, 2.05) is 12.1 Å². The summed E-state index contributed by atoms with van der Waals surface area (Å²) in [5.74, 6) is -0.555. The molecule has 114 valence electrons. The lowest BCUT2D eigenvalue weighted by Gasteiger charge is -2.17. The Morgan fingerprint density at radius 1 is 1.18 bits per heavy atom. The van der Waals surface area contributed by atoms with Gasteiger partial charge in [0.05, 0.1) is 0 Å². The lowest BCUT2D eigenvalue weighted by molar-refractivity contribution is -0.128. The van der Waals surface area contributed by atoms with E-state index in [-0.39, 0.29) is 11.5 Å². The first-order chi connectivity index (χ1) is 10.5. The molecule has 22 heavy (non-hydrogen) atoms. The Hall–Kier alpha value is -2.89. The van der Waals surface area contributed by atoms with Gasteiger partial charge in [0.15, 0.2) is 0 Å². The predicted octanol–water partition coefficient (Wildman–Crippen LogP) is 1.61. The fourth-order valence-electron chi connectivity index (χ4n) is 1.94. The Balaban J connectivity index is 2.23. The van der Waals surface area contributed by atoms with Crippen LogP contribution in [0.15, 0.2) is 47.4 Å².